The lowest BCUT2D eigenvalue weighted by molar-refractivity contribution is -0.117. The Bertz CT molecular complexity index is 1260. The summed E-state index contributed by atoms with van der Waals surface area (Å²) in [6.45, 7) is 1.30. The number of fused-ring (bicyclic) bond motifs is 1. The minimum Gasteiger partial charge on any atom is -0.324 e. The third kappa shape index (κ3) is 3.99. The van der Waals surface area contributed by atoms with Crippen LogP contribution in [0.25, 0.3) is 17.1 Å². The average Bonchev–Trinajstić information content (AvgIpc) is 3.35. The molecule has 154 valence electrons. The summed E-state index contributed by atoms with van der Waals surface area (Å²) in [7, 11) is 0. The number of imidazole rings is 1. The molecule has 0 aliphatic carbocycles. The number of halogens is 1. The molecule has 2 heterocycles. The van der Waals surface area contributed by atoms with Gasteiger partial charge in [0, 0.05) is 36.1 Å². The Balaban J connectivity index is 1.46. The highest BCUT2D eigenvalue weighted by Gasteiger charge is 2.34. The van der Waals surface area contributed by atoms with E-state index in [1.807, 2.05) is 65.6 Å². The summed E-state index contributed by atoms with van der Waals surface area (Å²) < 4.78 is 2.23. The molecule has 4 nitrogen and oxygen atoms in total. The van der Waals surface area contributed by atoms with Gasteiger partial charge in [0.2, 0.25) is 5.91 Å². The molecule has 0 bridgehead atoms. The molecule has 3 aromatic carbocycles. The second-order valence-electron chi connectivity index (χ2n) is 7.77. The van der Waals surface area contributed by atoms with Crippen molar-refractivity contribution in [3.63, 3.8) is 0 Å². The number of aromatic nitrogens is 2. The fourth-order valence-electron chi connectivity index (χ4n) is 4.23. The highest BCUT2D eigenvalue weighted by Crippen LogP contribution is 2.34. The number of hydrogen-bond donors (Lipinski definition) is 0. The lowest BCUT2D eigenvalue weighted by atomic mass is 10.1. The van der Waals surface area contributed by atoms with Crippen molar-refractivity contribution in [1.82, 2.24) is 9.55 Å². The standard InChI is InChI=1S/C26H22ClN3O/c27-21-11-6-12-22(17-21)30-18-20(16-25(30)31)26-28-23-13-4-5-14-24(23)29(26)15-7-10-19-8-2-1-3-9-19/h1-14,17,20H,15-16,18H2/b10-7+/t20-/m1/s1. The van der Waals surface area contributed by atoms with E-state index in [2.05, 4.69) is 34.9 Å². The van der Waals surface area contributed by atoms with Crippen LogP contribution in [0.1, 0.15) is 23.7 Å². The van der Waals surface area contributed by atoms with Gasteiger partial charge < -0.3 is 9.47 Å². The Morgan fingerprint density at radius 3 is 2.65 bits per heavy atom. The van der Waals surface area contributed by atoms with Gasteiger partial charge in [-0.2, -0.15) is 0 Å². The molecule has 1 aromatic heterocycles. The first kappa shape index (κ1) is 19.6. The van der Waals surface area contributed by atoms with Crippen LogP contribution < -0.4 is 4.90 Å². The van der Waals surface area contributed by atoms with Crippen LogP contribution in [0.2, 0.25) is 5.02 Å². The number of amides is 1. The van der Waals surface area contributed by atoms with Crippen molar-refractivity contribution in [2.45, 2.75) is 18.9 Å². The number of allylic oxidation sites excluding steroid dienone is 1. The Hall–Kier alpha value is -3.37. The van der Waals surface area contributed by atoms with Gasteiger partial charge >= 0.3 is 0 Å². The molecule has 0 unspecified atom stereocenters. The van der Waals surface area contributed by atoms with Crippen LogP contribution >= 0.6 is 11.6 Å². The van der Waals surface area contributed by atoms with E-state index >= 15 is 0 Å². The lowest BCUT2D eigenvalue weighted by Gasteiger charge is -2.17. The minimum atomic E-state index is 0.0315. The first-order valence-electron chi connectivity index (χ1n) is 10.4. The first-order chi connectivity index (χ1) is 15.2. The van der Waals surface area contributed by atoms with Gasteiger partial charge in [-0.05, 0) is 35.9 Å². The van der Waals surface area contributed by atoms with Crippen LogP contribution in [0.3, 0.4) is 0 Å². The smallest absolute Gasteiger partial charge is 0.227 e. The molecular weight excluding hydrogens is 406 g/mol. The molecule has 0 saturated carbocycles. The topological polar surface area (TPSA) is 38.1 Å². The fourth-order valence-corrected chi connectivity index (χ4v) is 4.41. The number of para-hydroxylation sites is 2. The van der Waals surface area contributed by atoms with Gasteiger partial charge in [0.15, 0.2) is 0 Å². The van der Waals surface area contributed by atoms with Crippen LogP contribution in [0.15, 0.2) is 84.9 Å². The lowest BCUT2D eigenvalue weighted by Crippen LogP contribution is -2.24. The molecule has 1 aliphatic rings. The third-order valence-electron chi connectivity index (χ3n) is 5.69. The minimum absolute atomic E-state index is 0.0315. The molecule has 1 aliphatic heterocycles. The second-order valence-corrected chi connectivity index (χ2v) is 8.20. The maximum absolute atomic E-state index is 12.8. The molecule has 0 radical (unpaired) electrons. The summed E-state index contributed by atoms with van der Waals surface area (Å²) in [5.41, 5.74) is 4.05. The van der Waals surface area contributed by atoms with E-state index < -0.39 is 0 Å². The van der Waals surface area contributed by atoms with Gasteiger partial charge in [-0.3, -0.25) is 4.79 Å². The van der Waals surface area contributed by atoms with Gasteiger partial charge in [-0.25, -0.2) is 4.98 Å². The van der Waals surface area contributed by atoms with Crippen molar-refractivity contribution >= 4 is 40.3 Å². The molecule has 0 N–H and O–H groups in total. The summed E-state index contributed by atoms with van der Waals surface area (Å²) in [6, 6.07) is 25.9. The van der Waals surface area contributed by atoms with E-state index in [9.17, 15) is 4.79 Å². The number of nitrogens with zero attached hydrogens (tertiary/aromatic N) is 3. The molecule has 5 rings (SSSR count). The zero-order valence-corrected chi connectivity index (χ0v) is 17.7. The van der Waals surface area contributed by atoms with Crippen molar-refractivity contribution in [2.24, 2.45) is 0 Å². The van der Waals surface area contributed by atoms with Crippen molar-refractivity contribution in [3.05, 3.63) is 101 Å². The summed E-state index contributed by atoms with van der Waals surface area (Å²) in [5.74, 6) is 1.09. The summed E-state index contributed by atoms with van der Waals surface area (Å²) in [5, 5.41) is 0.632. The molecule has 0 spiro atoms. The molecule has 1 saturated heterocycles. The van der Waals surface area contributed by atoms with Gasteiger partial charge in [0.1, 0.15) is 5.82 Å². The predicted molar refractivity (Wildman–Crippen MR) is 126 cm³/mol. The van der Waals surface area contributed by atoms with Crippen molar-refractivity contribution in [2.75, 3.05) is 11.4 Å². The molecule has 1 amide bonds. The largest absolute Gasteiger partial charge is 0.324 e. The van der Waals surface area contributed by atoms with E-state index in [1.165, 1.54) is 0 Å². The van der Waals surface area contributed by atoms with Crippen LogP contribution in [-0.2, 0) is 11.3 Å². The van der Waals surface area contributed by atoms with Gasteiger partial charge in [-0.15, -0.1) is 0 Å². The summed E-state index contributed by atoms with van der Waals surface area (Å²) in [4.78, 5) is 19.6. The summed E-state index contributed by atoms with van der Waals surface area (Å²) >= 11 is 6.15. The Kier molecular flexibility index (Phi) is 5.31. The van der Waals surface area contributed by atoms with E-state index in [-0.39, 0.29) is 11.8 Å². The van der Waals surface area contributed by atoms with E-state index in [0.29, 0.717) is 24.5 Å². The SMILES string of the molecule is O=C1C[C@@H](c2nc3ccccc3n2C/C=C/c2ccccc2)CN1c1cccc(Cl)c1. The molecular formula is C26H22ClN3O. The molecule has 5 heteroatoms. The quantitative estimate of drug-likeness (QED) is 0.396. The number of benzene rings is 3. The van der Waals surface area contributed by atoms with Crippen molar-refractivity contribution in [3.8, 4) is 0 Å². The van der Waals surface area contributed by atoms with Crippen LogP contribution in [0.5, 0.6) is 0 Å². The maximum atomic E-state index is 12.8. The predicted octanol–water partition coefficient (Wildman–Crippen LogP) is 5.92. The zero-order chi connectivity index (χ0) is 21.2. The normalized spacial score (nSPS) is 16.6. The van der Waals surface area contributed by atoms with Gasteiger partial charge in [-0.1, -0.05) is 72.3 Å². The number of carbonyl (C=O) groups is 1. The second kappa shape index (κ2) is 8.40. The Labute approximate surface area is 186 Å². The third-order valence-corrected chi connectivity index (χ3v) is 5.93. The van der Waals surface area contributed by atoms with Crippen LogP contribution in [-0.4, -0.2) is 22.0 Å². The van der Waals surface area contributed by atoms with Gasteiger partial charge in [0.25, 0.3) is 0 Å². The number of anilines is 1. The van der Waals surface area contributed by atoms with Crippen LogP contribution in [0, 0.1) is 0 Å². The fraction of sp³-hybridized carbons (Fsp3) is 0.154. The van der Waals surface area contributed by atoms with Crippen molar-refractivity contribution in [1.29, 1.82) is 0 Å². The Morgan fingerprint density at radius 2 is 1.81 bits per heavy atom. The van der Waals surface area contributed by atoms with Crippen LogP contribution in [0.4, 0.5) is 5.69 Å². The maximum Gasteiger partial charge on any atom is 0.227 e. The molecule has 31 heavy (non-hydrogen) atoms. The highest BCUT2D eigenvalue weighted by atomic mass is 35.5. The number of carbonyl (C=O) groups excluding carboxylic acids is 1. The Morgan fingerprint density at radius 1 is 1.00 bits per heavy atom. The van der Waals surface area contributed by atoms with E-state index in [0.717, 1.165) is 28.1 Å². The van der Waals surface area contributed by atoms with E-state index in [4.69, 9.17) is 16.6 Å². The highest BCUT2D eigenvalue weighted by molar-refractivity contribution is 6.30. The first-order valence-corrected chi connectivity index (χ1v) is 10.8. The molecule has 1 atom stereocenters. The monoisotopic (exact) mass is 427 g/mol. The molecule has 1 fully saturated rings. The van der Waals surface area contributed by atoms with Gasteiger partial charge in [0.05, 0.1) is 11.0 Å². The molecule has 4 aromatic rings. The summed E-state index contributed by atoms with van der Waals surface area (Å²) in [6.07, 6.45) is 4.72. The van der Waals surface area contributed by atoms with Crippen molar-refractivity contribution < 1.29 is 4.79 Å². The zero-order valence-electron chi connectivity index (χ0n) is 17.0. The average molecular weight is 428 g/mol. The number of rotatable bonds is 5. The van der Waals surface area contributed by atoms with E-state index in [1.54, 1.807) is 0 Å². The number of hydrogen-bond acceptors (Lipinski definition) is 2.